The van der Waals surface area contributed by atoms with Crippen molar-refractivity contribution >= 4 is 15.7 Å². The van der Waals surface area contributed by atoms with Crippen molar-refractivity contribution in [2.45, 2.75) is 36.4 Å². The molecule has 0 amide bonds. The summed E-state index contributed by atoms with van der Waals surface area (Å²) in [4.78, 5) is 7.90. The molecule has 0 fully saturated rings. The van der Waals surface area contributed by atoms with E-state index >= 15 is 0 Å². The third-order valence-corrected chi connectivity index (χ3v) is 5.31. The quantitative estimate of drug-likeness (QED) is 0.787. The summed E-state index contributed by atoms with van der Waals surface area (Å²) in [5.74, 6) is -0.0152. The first-order valence-electron chi connectivity index (χ1n) is 8.31. The van der Waals surface area contributed by atoms with Crippen molar-refractivity contribution in [3.05, 3.63) is 48.2 Å². The number of sulfone groups is 1. The molecule has 0 spiro atoms. The molecule has 1 aromatic carbocycles. The average molecular weight is 397 g/mol. The molecule has 0 radical (unpaired) electrons. The van der Waals surface area contributed by atoms with Crippen LogP contribution in [0.3, 0.4) is 0 Å². The van der Waals surface area contributed by atoms with Gasteiger partial charge in [0.1, 0.15) is 5.82 Å². The largest absolute Gasteiger partial charge is 0.433 e. The van der Waals surface area contributed by atoms with Crippen LogP contribution in [0.4, 0.5) is 19.0 Å². The minimum Gasteiger partial charge on any atom is -0.367 e. The molecule has 0 saturated heterocycles. The Labute approximate surface area is 155 Å². The summed E-state index contributed by atoms with van der Waals surface area (Å²) in [5.41, 5.74) is -0.742. The molecule has 3 rings (SSSR count). The monoisotopic (exact) mass is 397 g/mol. The van der Waals surface area contributed by atoms with Crippen LogP contribution in [0.25, 0.3) is 11.4 Å². The molecule has 1 N–H and O–H groups in total. The Kier molecular flexibility index (Phi) is 5.23. The lowest BCUT2D eigenvalue weighted by Crippen LogP contribution is -2.22. The predicted octanol–water partition coefficient (Wildman–Crippen LogP) is 4.09. The van der Waals surface area contributed by atoms with Crippen molar-refractivity contribution < 1.29 is 21.6 Å². The van der Waals surface area contributed by atoms with Crippen LogP contribution in [0.2, 0.25) is 0 Å². The SMILES string of the molecule is CS(=O)(=O)c1ccc(-c2nc(NC3CC=CCC3)cc(C(F)(F)F)n2)cc1. The van der Waals surface area contributed by atoms with E-state index in [1.165, 1.54) is 24.3 Å². The highest BCUT2D eigenvalue weighted by atomic mass is 32.2. The van der Waals surface area contributed by atoms with Crippen molar-refractivity contribution in [1.29, 1.82) is 0 Å². The molecule has 5 nitrogen and oxygen atoms in total. The van der Waals surface area contributed by atoms with Gasteiger partial charge in [-0.1, -0.05) is 12.2 Å². The number of hydrogen-bond acceptors (Lipinski definition) is 5. The van der Waals surface area contributed by atoms with Crippen LogP contribution in [-0.4, -0.2) is 30.7 Å². The fourth-order valence-corrected chi connectivity index (χ4v) is 3.41. The maximum Gasteiger partial charge on any atom is 0.433 e. The zero-order valence-corrected chi connectivity index (χ0v) is 15.3. The van der Waals surface area contributed by atoms with E-state index in [0.717, 1.165) is 25.2 Å². The van der Waals surface area contributed by atoms with E-state index in [-0.39, 0.29) is 22.6 Å². The Morgan fingerprint density at radius 3 is 2.37 bits per heavy atom. The van der Waals surface area contributed by atoms with Crippen LogP contribution in [-0.2, 0) is 16.0 Å². The molecule has 0 bridgehead atoms. The predicted molar refractivity (Wildman–Crippen MR) is 96.0 cm³/mol. The van der Waals surface area contributed by atoms with Gasteiger partial charge in [0.05, 0.1) is 4.90 Å². The molecule has 1 aromatic heterocycles. The molecular formula is C18H18F3N3O2S. The van der Waals surface area contributed by atoms with Crippen LogP contribution < -0.4 is 5.32 Å². The summed E-state index contributed by atoms with van der Waals surface area (Å²) < 4.78 is 62.9. The summed E-state index contributed by atoms with van der Waals surface area (Å²) in [6.07, 6.45) is 2.83. The summed E-state index contributed by atoms with van der Waals surface area (Å²) in [6, 6.07) is 6.36. The minimum absolute atomic E-state index is 0.00597. The number of halogens is 3. The first-order valence-corrected chi connectivity index (χ1v) is 10.2. The molecule has 27 heavy (non-hydrogen) atoms. The molecule has 1 heterocycles. The second-order valence-electron chi connectivity index (χ2n) is 6.38. The molecule has 1 aliphatic rings. The second-order valence-corrected chi connectivity index (χ2v) is 8.40. The van der Waals surface area contributed by atoms with E-state index in [0.29, 0.717) is 12.0 Å². The van der Waals surface area contributed by atoms with E-state index < -0.39 is 21.7 Å². The van der Waals surface area contributed by atoms with Crippen molar-refractivity contribution in [1.82, 2.24) is 9.97 Å². The first-order chi connectivity index (χ1) is 12.6. The number of aromatic nitrogens is 2. The Morgan fingerprint density at radius 1 is 1.11 bits per heavy atom. The van der Waals surface area contributed by atoms with E-state index in [4.69, 9.17) is 0 Å². The van der Waals surface area contributed by atoms with Gasteiger partial charge in [0.15, 0.2) is 21.4 Å². The number of hydrogen-bond donors (Lipinski definition) is 1. The average Bonchev–Trinajstić information content (AvgIpc) is 2.61. The summed E-state index contributed by atoms with van der Waals surface area (Å²) in [6.45, 7) is 0. The van der Waals surface area contributed by atoms with Crippen molar-refractivity contribution in [3.63, 3.8) is 0 Å². The zero-order valence-electron chi connectivity index (χ0n) is 14.5. The van der Waals surface area contributed by atoms with Gasteiger partial charge in [0, 0.05) is 23.9 Å². The highest BCUT2D eigenvalue weighted by Gasteiger charge is 2.34. The van der Waals surface area contributed by atoms with Crippen molar-refractivity contribution in [2.24, 2.45) is 0 Å². The zero-order chi connectivity index (χ0) is 19.7. The van der Waals surface area contributed by atoms with Gasteiger partial charge >= 0.3 is 6.18 Å². The number of alkyl halides is 3. The fraction of sp³-hybridized carbons (Fsp3) is 0.333. The molecule has 1 unspecified atom stereocenters. The van der Waals surface area contributed by atoms with Crippen LogP contribution in [0.1, 0.15) is 25.0 Å². The molecule has 2 aromatic rings. The lowest BCUT2D eigenvalue weighted by Gasteiger charge is -2.21. The lowest BCUT2D eigenvalue weighted by molar-refractivity contribution is -0.141. The summed E-state index contributed by atoms with van der Waals surface area (Å²) >= 11 is 0. The highest BCUT2D eigenvalue weighted by Crippen LogP contribution is 2.31. The third-order valence-electron chi connectivity index (χ3n) is 4.18. The first kappa shape index (κ1) is 19.3. The van der Waals surface area contributed by atoms with Gasteiger partial charge in [-0.3, -0.25) is 0 Å². The highest BCUT2D eigenvalue weighted by molar-refractivity contribution is 7.90. The summed E-state index contributed by atoms with van der Waals surface area (Å²) in [5, 5.41) is 3.04. The van der Waals surface area contributed by atoms with Gasteiger partial charge in [0.2, 0.25) is 0 Å². The molecule has 9 heteroatoms. The Bertz CT molecular complexity index is 955. The maximum absolute atomic E-state index is 13.3. The Morgan fingerprint density at radius 2 is 1.81 bits per heavy atom. The molecule has 0 aliphatic heterocycles. The number of allylic oxidation sites excluding steroid dienone is 1. The number of anilines is 1. The summed E-state index contributed by atoms with van der Waals surface area (Å²) in [7, 11) is -3.40. The second kappa shape index (κ2) is 7.30. The minimum atomic E-state index is -4.62. The van der Waals surface area contributed by atoms with Crippen molar-refractivity contribution in [2.75, 3.05) is 11.6 Å². The standard InChI is InChI=1S/C18H18F3N3O2S/c1-27(25,26)14-9-7-12(8-10-14)17-23-15(18(19,20)21)11-16(24-17)22-13-5-3-2-4-6-13/h2-3,7-11,13H,4-6H2,1H3,(H,22,23,24). The van der Waals surface area contributed by atoms with E-state index in [1.54, 1.807) is 0 Å². The van der Waals surface area contributed by atoms with Crippen LogP contribution >= 0.6 is 0 Å². The van der Waals surface area contributed by atoms with Crippen LogP contribution in [0.15, 0.2) is 47.4 Å². The van der Waals surface area contributed by atoms with Crippen LogP contribution in [0, 0.1) is 0 Å². The van der Waals surface area contributed by atoms with Gasteiger partial charge in [-0.05, 0) is 43.5 Å². The van der Waals surface area contributed by atoms with Gasteiger partial charge in [-0.2, -0.15) is 13.2 Å². The van der Waals surface area contributed by atoms with Crippen LogP contribution in [0.5, 0.6) is 0 Å². The Balaban J connectivity index is 1.98. The van der Waals surface area contributed by atoms with Crippen molar-refractivity contribution in [3.8, 4) is 11.4 Å². The van der Waals surface area contributed by atoms with E-state index in [1.807, 2.05) is 12.2 Å². The van der Waals surface area contributed by atoms with Gasteiger partial charge in [-0.15, -0.1) is 0 Å². The van der Waals surface area contributed by atoms with Gasteiger partial charge in [0.25, 0.3) is 0 Å². The fourth-order valence-electron chi connectivity index (χ4n) is 2.78. The third kappa shape index (κ3) is 4.85. The van der Waals surface area contributed by atoms with Gasteiger partial charge in [-0.25, -0.2) is 18.4 Å². The molecular weight excluding hydrogens is 379 g/mol. The van der Waals surface area contributed by atoms with E-state index in [9.17, 15) is 21.6 Å². The topological polar surface area (TPSA) is 72.0 Å². The maximum atomic E-state index is 13.3. The smallest absolute Gasteiger partial charge is 0.367 e. The molecule has 1 aliphatic carbocycles. The Hall–Kier alpha value is -2.42. The number of benzene rings is 1. The van der Waals surface area contributed by atoms with E-state index in [2.05, 4.69) is 15.3 Å². The van der Waals surface area contributed by atoms with Gasteiger partial charge < -0.3 is 5.32 Å². The number of nitrogens with one attached hydrogen (secondary N) is 1. The molecule has 1 atom stereocenters. The number of nitrogens with zero attached hydrogens (tertiary/aromatic N) is 2. The molecule has 0 saturated carbocycles. The normalized spacial score (nSPS) is 17.7. The molecule has 144 valence electrons. The number of rotatable bonds is 4. The lowest BCUT2D eigenvalue weighted by atomic mass is 10.0.